The second-order valence-electron chi connectivity index (χ2n) is 6.62. The van der Waals surface area contributed by atoms with Crippen LogP contribution in [-0.2, 0) is 7.05 Å². The lowest BCUT2D eigenvalue weighted by Gasteiger charge is -2.15. The minimum Gasteiger partial charge on any atom is -0.361 e. The molecule has 0 spiro atoms. The molecule has 3 aromatic rings. The fourth-order valence-electron chi connectivity index (χ4n) is 2.79. The summed E-state index contributed by atoms with van der Waals surface area (Å²) in [6.07, 6.45) is 7.94. The van der Waals surface area contributed by atoms with Gasteiger partial charge in [-0.2, -0.15) is 5.10 Å². The van der Waals surface area contributed by atoms with Crippen molar-refractivity contribution in [3.8, 4) is 11.3 Å². The van der Waals surface area contributed by atoms with E-state index in [1.54, 1.807) is 23.3 Å². The van der Waals surface area contributed by atoms with Gasteiger partial charge in [-0.1, -0.05) is 19.1 Å². The molecule has 0 bridgehead atoms. The number of aryl methyl sites for hydroxylation is 1. The van der Waals surface area contributed by atoms with E-state index in [2.05, 4.69) is 20.4 Å². The molecule has 140 valence electrons. The first kappa shape index (κ1) is 18.6. The van der Waals surface area contributed by atoms with E-state index in [0.29, 0.717) is 5.56 Å². The Balaban J connectivity index is 1.74. The highest BCUT2D eigenvalue weighted by Crippen LogP contribution is 2.20. The first-order valence-corrected chi connectivity index (χ1v) is 8.87. The van der Waals surface area contributed by atoms with E-state index in [4.69, 9.17) is 0 Å². The fourth-order valence-corrected chi connectivity index (χ4v) is 2.79. The summed E-state index contributed by atoms with van der Waals surface area (Å²) >= 11 is 0. The predicted octanol–water partition coefficient (Wildman–Crippen LogP) is 2.82. The number of rotatable bonds is 6. The van der Waals surface area contributed by atoms with Gasteiger partial charge >= 0.3 is 0 Å². The zero-order chi connectivity index (χ0) is 19.4. The maximum Gasteiger partial charge on any atom is 0.251 e. The molecule has 3 rings (SSSR count). The number of hydrogen-bond acceptors (Lipinski definition) is 5. The van der Waals surface area contributed by atoms with E-state index >= 15 is 0 Å². The van der Waals surface area contributed by atoms with Gasteiger partial charge in [0.2, 0.25) is 0 Å². The number of amides is 1. The smallest absolute Gasteiger partial charge is 0.251 e. The Kier molecular flexibility index (Phi) is 5.49. The SMILES string of the molecule is CC[C@H](NC(=O)c1ccc(-c2cncc(N(C)C)n2)cc1)c1cnn(C)c1. The third-order valence-corrected chi connectivity index (χ3v) is 4.36. The van der Waals surface area contributed by atoms with Gasteiger partial charge in [0.25, 0.3) is 5.91 Å². The second kappa shape index (κ2) is 7.99. The van der Waals surface area contributed by atoms with Crippen molar-refractivity contribution in [1.29, 1.82) is 0 Å². The van der Waals surface area contributed by atoms with Crippen LogP contribution in [0.1, 0.15) is 35.3 Å². The van der Waals surface area contributed by atoms with Crippen molar-refractivity contribution in [3.05, 3.63) is 60.2 Å². The van der Waals surface area contributed by atoms with E-state index in [1.165, 1.54) is 0 Å². The molecule has 0 aliphatic rings. The van der Waals surface area contributed by atoms with Gasteiger partial charge in [-0.15, -0.1) is 0 Å². The highest BCUT2D eigenvalue weighted by Gasteiger charge is 2.15. The van der Waals surface area contributed by atoms with Crippen molar-refractivity contribution >= 4 is 11.7 Å². The molecule has 1 aromatic carbocycles. The highest BCUT2D eigenvalue weighted by molar-refractivity contribution is 5.94. The Morgan fingerprint density at radius 1 is 1.19 bits per heavy atom. The topological polar surface area (TPSA) is 75.9 Å². The number of anilines is 1. The van der Waals surface area contributed by atoms with Crippen LogP contribution < -0.4 is 10.2 Å². The lowest BCUT2D eigenvalue weighted by molar-refractivity contribution is 0.0935. The van der Waals surface area contributed by atoms with Crippen molar-refractivity contribution in [2.24, 2.45) is 7.05 Å². The molecular weight excluding hydrogens is 340 g/mol. The lowest BCUT2D eigenvalue weighted by atomic mass is 10.1. The minimum atomic E-state index is -0.106. The Labute approximate surface area is 159 Å². The van der Waals surface area contributed by atoms with E-state index < -0.39 is 0 Å². The quantitative estimate of drug-likeness (QED) is 0.728. The van der Waals surface area contributed by atoms with Crippen LogP contribution in [0.2, 0.25) is 0 Å². The third-order valence-electron chi connectivity index (χ3n) is 4.36. The van der Waals surface area contributed by atoms with E-state index in [9.17, 15) is 4.79 Å². The molecule has 2 aromatic heterocycles. The Hall–Kier alpha value is -3.22. The molecule has 0 radical (unpaired) electrons. The van der Waals surface area contributed by atoms with Crippen molar-refractivity contribution in [2.45, 2.75) is 19.4 Å². The van der Waals surface area contributed by atoms with Crippen LogP contribution in [0.4, 0.5) is 5.82 Å². The summed E-state index contributed by atoms with van der Waals surface area (Å²) in [6, 6.07) is 7.34. The second-order valence-corrected chi connectivity index (χ2v) is 6.62. The van der Waals surface area contributed by atoms with Gasteiger partial charge in [-0.25, -0.2) is 4.98 Å². The summed E-state index contributed by atoms with van der Waals surface area (Å²) in [7, 11) is 5.71. The van der Waals surface area contributed by atoms with Crippen LogP contribution in [0.15, 0.2) is 49.1 Å². The summed E-state index contributed by atoms with van der Waals surface area (Å²) in [5, 5.41) is 7.25. The van der Waals surface area contributed by atoms with Crippen LogP contribution in [0.5, 0.6) is 0 Å². The molecule has 0 saturated heterocycles. The maximum absolute atomic E-state index is 12.6. The van der Waals surface area contributed by atoms with E-state index in [0.717, 1.165) is 29.1 Å². The average molecular weight is 364 g/mol. The van der Waals surface area contributed by atoms with Crippen LogP contribution in [0, 0.1) is 0 Å². The largest absolute Gasteiger partial charge is 0.361 e. The number of carbonyl (C=O) groups is 1. The molecule has 0 saturated carbocycles. The Bertz CT molecular complexity index is 916. The molecule has 2 heterocycles. The van der Waals surface area contributed by atoms with Gasteiger partial charge in [0, 0.05) is 44.0 Å². The monoisotopic (exact) mass is 364 g/mol. The molecule has 0 aliphatic heterocycles. The first-order chi connectivity index (χ1) is 13.0. The fraction of sp³-hybridized carbons (Fsp3) is 0.300. The summed E-state index contributed by atoms with van der Waals surface area (Å²) in [5.74, 6) is 0.682. The molecule has 27 heavy (non-hydrogen) atoms. The zero-order valence-corrected chi connectivity index (χ0v) is 16.0. The molecular formula is C20H24N6O. The number of nitrogens with zero attached hydrogens (tertiary/aromatic N) is 5. The number of nitrogens with one attached hydrogen (secondary N) is 1. The van der Waals surface area contributed by atoms with Gasteiger partial charge < -0.3 is 10.2 Å². The molecule has 1 N–H and O–H groups in total. The van der Waals surface area contributed by atoms with Gasteiger partial charge in [0.15, 0.2) is 0 Å². The molecule has 0 fully saturated rings. The maximum atomic E-state index is 12.6. The summed E-state index contributed by atoms with van der Waals surface area (Å²) in [4.78, 5) is 23.3. The average Bonchev–Trinajstić information content (AvgIpc) is 3.12. The first-order valence-electron chi connectivity index (χ1n) is 8.87. The number of carbonyl (C=O) groups excluding carboxylic acids is 1. The molecule has 0 unspecified atom stereocenters. The molecule has 0 aliphatic carbocycles. The normalized spacial score (nSPS) is 11.9. The molecule has 7 nitrogen and oxygen atoms in total. The lowest BCUT2D eigenvalue weighted by Crippen LogP contribution is -2.27. The Morgan fingerprint density at radius 2 is 1.93 bits per heavy atom. The van der Waals surface area contributed by atoms with Gasteiger partial charge in [0.05, 0.1) is 30.3 Å². The predicted molar refractivity (Wildman–Crippen MR) is 106 cm³/mol. The summed E-state index contributed by atoms with van der Waals surface area (Å²) in [5.41, 5.74) is 3.30. The minimum absolute atomic E-state index is 0.0616. The van der Waals surface area contributed by atoms with Gasteiger partial charge in [0.1, 0.15) is 5.82 Å². The van der Waals surface area contributed by atoms with Crippen LogP contribution in [-0.4, -0.2) is 39.8 Å². The molecule has 1 amide bonds. The Morgan fingerprint density at radius 3 is 2.52 bits per heavy atom. The van der Waals surface area contributed by atoms with Crippen LogP contribution in [0.25, 0.3) is 11.3 Å². The number of aromatic nitrogens is 4. The number of hydrogen-bond donors (Lipinski definition) is 1. The van der Waals surface area contributed by atoms with Crippen molar-refractivity contribution in [2.75, 3.05) is 19.0 Å². The van der Waals surface area contributed by atoms with E-state index in [1.807, 2.05) is 63.4 Å². The van der Waals surface area contributed by atoms with Crippen molar-refractivity contribution < 1.29 is 4.79 Å². The third kappa shape index (κ3) is 4.31. The zero-order valence-electron chi connectivity index (χ0n) is 16.0. The highest BCUT2D eigenvalue weighted by atomic mass is 16.1. The number of benzene rings is 1. The summed E-state index contributed by atoms with van der Waals surface area (Å²) in [6.45, 7) is 2.04. The van der Waals surface area contributed by atoms with Gasteiger partial charge in [-0.3, -0.25) is 14.5 Å². The summed E-state index contributed by atoms with van der Waals surface area (Å²) < 4.78 is 1.74. The van der Waals surface area contributed by atoms with Gasteiger partial charge in [-0.05, 0) is 18.6 Å². The van der Waals surface area contributed by atoms with Crippen molar-refractivity contribution in [3.63, 3.8) is 0 Å². The molecule has 7 heteroatoms. The van der Waals surface area contributed by atoms with Crippen molar-refractivity contribution in [1.82, 2.24) is 25.1 Å². The van der Waals surface area contributed by atoms with E-state index in [-0.39, 0.29) is 11.9 Å². The standard InChI is InChI=1S/C20H24N6O/c1-5-17(16-10-22-26(4)13-16)24-20(27)15-8-6-14(7-9-15)18-11-21-12-19(23-18)25(2)3/h6-13,17H,5H2,1-4H3,(H,24,27)/t17-/m0/s1. The molecule has 1 atom stereocenters. The van der Waals surface area contributed by atoms with Crippen LogP contribution >= 0.6 is 0 Å². The van der Waals surface area contributed by atoms with Crippen LogP contribution in [0.3, 0.4) is 0 Å².